The molecular weight excluding hydrogens is 210 g/mol. The molecule has 1 aromatic carbocycles. The molecule has 80 valence electrons. The van der Waals surface area contributed by atoms with Crippen LogP contribution in [0.3, 0.4) is 0 Å². The van der Waals surface area contributed by atoms with E-state index in [-0.39, 0.29) is 6.04 Å². The fraction of sp³-hybridized carbons (Fsp3) is 0.364. The molecule has 3 nitrogen and oxygen atoms in total. The maximum absolute atomic E-state index is 8.69. The zero-order chi connectivity index (χ0) is 11.3. The molecule has 0 radical (unpaired) electrons. The largest absolute Gasteiger partial charge is 0.385 e. The Morgan fingerprint density at radius 2 is 2.33 bits per heavy atom. The lowest BCUT2D eigenvalue weighted by Crippen LogP contribution is -2.19. The van der Waals surface area contributed by atoms with E-state index in [2.05, 4.69) is 5.32 Å². The predicted octanol–water partition coefficient (Wildman–Crippen LogP) is 2.36. The van der Waals surface area contributed by atoms with E-state index in [0.29, 0.717) is 10.6 Å². The molecule has 0 fully saturated rings. The van der Waals surface area contributed by atoms with Crippen LogP contribution in [0.1, 0.15) is 18.9 Å². The van der Waals surface area contributed by atoms with Gasteiger partial charge in [-0.1, -0.05) is 11.6 Å². The number of anilines is 1. The Morgan fingerprint density at radius 3 is 2.87 bits per heavy atom. The molecule has 4 heteroatoms. The van der Waals surface area contributed by atoms with Crippen molar-refractivity contribution < 1.29 is 0 Å². The summed E-state index contributed by atoms with van der Waals surface area (Å²) in [6, 6.07) is 7.50. The van der Waals surface area contributed by atoms with E-state index in [1.54, 1.807) is 12.1 Å². The van der Waals surface area contributed by atoms with Crippen LogP contribution >= 0.6 is 11.6 Å². The first-order chi connectivity index (χ1) is 7.13. The Balaban J connectivity index is 2.57. The lowest BCUT2D eigenvalue weighted by molar-refractivity contribution is 0.690. The highest BCUT2D eigenvalue weighted by atomic mass is 35.5. The van der Waals surface area contributed by atoms with Gasteiger partial charge in [0.1, 0.15) is 6.07 Å². The van der Waals surface area contributed by atoms with Crippen molar-refractivity contribution in [1.82, 2.24) is 0 Å². The van der Waals surface area contributed by atoms with E-state index in [0.717, 1.165) is 18.7 Å². The summed E-state index contributed by atoms with van der Waals surface area (Å²) < 4.78 is 0. The third-order valence-corrected chi connectivity index (χ3v) is 2.33. The Bertz CT molecular complexity index is 369. The summed E-state index contributed by atoms with van der Waals surface area (Å²) in [6.45, 7) is 2.77. The van der Waals surface area contributed by atoms with Crippen LogP contribution in [-0.4, -0.2) is 12.6 Å². The molecule has 0 amide bonds. The van der Waals surface area contributed by atoms with Crippen molar-refractivity contribution in [3.63, 3.8) is 0 Å². The molecule has 1 atom stereocenters. The number of benzene rings is 1. The molecule has 1 rings (SSSR count). The standard InChI is InChI=1S/C11H14ClN3/c1-8(14)4-5-15-10-3-2-9(7-13)11(12)6-10/h2-3,6,8,15H,4-5,14H2,1H3. The molecule has 0 spiro atoms. The van der Waals surface area contributed by atoms with Crippen molar-refractivity contribution in [1.29, 1.82) is 5.26 Å². The van der Waals surface area contributed by atoms with Crippen LogP contribution in [-0.2, 0) is 0 Å². The molecule has 0 aliphatic carbocycles. The van der Waals surface area contributed by atoms with E-state index in [4.69, 9.17) is 22.6 Å². The summed E-state index contributed by atoms with van der Waals surface area (Å²) in [6.07, 6.45) is 0.900. The average molecular weight is 224 g/mol. The first-order valence-corrected chi connectivity index (χ1v) is 5.20. The van der Waals surface area contributed by atoms with Gasteiger partial charge >= 0.3 is 0 Å². The number of rotatable bonds is 4. The summed E-state index contributed by atoms with van der Waals surface area (Å²) in [4.78, 5) is 0. The Morgan fingerprint density at radius 1 is 1.60 bits per heavy atom. The summed E-state index contributed by atoms with van der Waals surface area (Å²) in [5.74, 6) is 0. The fourth-order valence-electron chi connectivity index (χ4n) is 1.16. The highest BCUT2D eigenvalue weighted by Gasteiger charge is 2.00. The fourth-order valence-corrected chi connectivity index (χ4v) is 1.38. The van der Waals surface area contributed by atoms with Crippen molar-refractivity contribution in [2.45, 2.75) is 19.4 Å². The lowest BCUT2D eigenvalue weighted by atomic mass is 10.2. The van der Waals surface area contributed by atoms with Gasteiger partial charge in [-0.3, -0.25) is 0 Å². The number of nitrogens with zero attached hydrogens (tertiary/aromatic N) is 1. The Labute approximate surface area is 94.8 Å². The van der Waals surface area contributed by atoms with Gasteiger partial charge in [0.05, 0.1) is 10.6 Å². The minimum absolute atomic E-state index is 0.186. The highest BCUT2D eigenvalue weighted by molar-refractivity contribution is 6.32. The molecule has 15 heavy (non-hydrogen) atoms. The molecule has 0 aliphatic heterocycles. The molecule has 0 saturated heterocycles. The molecule has 0 aromatic heterocycles. The predicted molar refractivity (Wildman–Crippen MR) is 62.9 cm³/mol. The van der Waals surface area contributed by atoms with E-state index < -0.39 is 0 Å². The second kappa shape index (κ2) is 5.59. The minimum Gasteiger partial charge on any atom is -0.385 e. The van der Waals surface area contributed by atoms with Gasteiger partial charge in [-0.2, -0.15) is 5.26 Å². The van der Waals surface area contributed by atoms with Gasteiger partial charge in [-0.05, 0) is 31.5 Å². The summed E-state index contributed by atoms with van der Waals surface area (Å²) in [5, 5.41) is 12.4. The molecule has 0 bridgehead atoms. The van der Waals surface area contributed by atoms with Crippen LogP contribution in [0.25, 0.3) is 0 Å². The van der Waals surface area contributed by atoms with Gasteiger partial charge in [-0.15, -0.1) is 0 Å². The summed E-state index contributed by atoms with van der Waals surface area (Å²) in [5.41, 5.74) is 7.03. The van der Waals surface area contributed by atoms with Gasteiger partial charge in [0.2, 0.25) is 0 Å². The van der Waals surface area contributed by atoms with Crippen LogP contribution in [0.5, 0.6) is 0 Å². The van der Waals surface area contributed by atoms with Gasteiger partial charge < -0.3 is 11.1 Å². The van der Waals surface area contributed by atoms with Gasteiger partial charge in [0, 0.05) is 18.3 Å². The number of nitrogens with two attached hydrogens (primary N) is 1. The van der Waals surface area contributed by atoms with E-state index in [1.807, 2.05) is 19.1 Å². The van der Waals surface area contributed by atoms with E-state index in [1.165, 1.54) is 0 Å². The highest BCUT2D eigenvalue weighted by Crippen LogP contribution is 2.19. The van der Waals surface area contributed by atoms with E-state index >= 15 is 0 Å². The zero-order valence-electron chi connectivity index (χ0n) is 8.63. The molecule has 1 aromatic rings. The molecule has 3 N–H and O–H groups in total. The number of nitrogens with one attached hydrogen (secondary N) is 1. The van der Waals surface area contributed by atoms with Crippen molar-refractivity contribution in [2.75, 3.05) is 11.9 Å². The van der Waals surface area contributed by atoms with Crippen LogP contribution in [0, 0.1) is 11.3 Å². The minimum atomic E-state index is 0.186. The van der Waals surface area contributed by atoms with Gasteiger partial charge in [0.15, 0.2) is 0 Å². The maximum atomic E-state index is 8.69. The normalized spacial score (nSPS) is 11.9. The van der Waals surface area contributed by atoms with Crippen LogP contribution in [0.15, 0.2) is 18.2 Å². The van der Waals surface area contributed by atoms with Crippen molar-refractivity contribution in [3.05, 3.63) is 28.8 Å². The third-order valence-electron chi connectivity index (χ3n) is 2.02. The monoisotopic (exact) mass is 223 g/mol. The first kappa shape index (κ1) is 11.8. The SMILES string of the molecule is CC(N)CCNc1ccc(C#N)c(Cl)c1. The molecule has 0 aliphatic rings. The van der Waals surface area contributed by atoms with E-state index in [9.17, 15) is 0 Å². The zero-order valence-corrected chi connectivity index (χ0v) is 9.38. The number of nitriles is 1. The maximum Gasteiger partial charge on any atom is 0.101 e. The smallest absolute Gasteiger partial charge is 0.101 e. The van der Waals surface area contributed by atoms with Crippen molar-refractivity contribution >= 4 is 17.3 Å². The van der Waals surface area contributed by atoms with Gasteiger partial charge in [0.25, 0.3) is 0 Å². The summed E-state index contributed by atoms with van der Waals surface area (Å²) in [7, 11) is 0. The first-order valence-electron chi connectivity index (χ1n) is 4.82. The lowest BCUT2D eigenvalue weighted by Gasteiger charge is -2.08. The van der Waals surface area contributed by atoms with Crippen molar-refractivity contribution in [3.8, 4) is 6.07 Å². The topological polar surface area (TPSA) is 61.8 Å². The van der Waals surface area contributed by atoms with Crippen LogP contribution in [0.4, 0.5) is 5.69 Å². The second-order valence-electron chi connectivity index (χ2n) is 3.50. The average Bonchev–Trinajstić information content (AvgIpc) is 2.17. The molecule has 1 unspecified atom stereocenters. The Hall–Kier alpha value is -1.24. The van der Waals surface area contributed by atoms with Crippen molar-refractivity contribution in [2.24, 2.45) is 5.73 Å². The molecule has 0 saturated carbocycles. The van der Waals surface area contributed by atoms with Gasteiger partial charge in [-0.25, -0.2) is 0 Å². The molecule has 0 heterocycles. The quantitative estimate of drug-likeness (QED) is 0.824. The number of hydrogen-bond donors (Lipinski definition) is 2. The number of halogens is 1. The Kier molecular flexibility index (Phi) is 4.41. The second-order valence-corrected chi connectivity index (χ2v) is 3.91. The summed E-state index contributed by atoms with van der Waals surface area (Å²) >= 11 is 5.88. The van der Waals surface area contributed by atoms with Crippen LogP contribution < -0.4 is 11.1 Å². The third kappa shape index (κ3) is 3.78. The molecular formula is C11H14ClN3. The number of hydrogen-bond acceptors (Lipinski definition) is 3. The van der Waals surface area contributed by atoms with Crippen LogP contribution in [0.2, 0.25) is 5.02 Å².